The predicted molar refractivity (Wildman–Crippen MR) is 34.0 cm³/mol. The van der Waals surface area contributed by atoms with Crippen LogP contribution in [-0.2, 0) is 14.3 Å². The van der Waals surface area contributed by atoms with E-state index < -0.39 is 18.3 Å². The van der Waals surface area contributed by atoms with Gasteiger partial charge >= 0.3 is 5.97 Å². The van der Waals surface area contributed by atoms with Gasteiger partial charge in [-0.2, -0.15) is 0 Å². The minimum atomic E-state index is -0.921. The van der Waals surface area contributed by atoms with Crippen LogP contribution in [0.1, 0.15) is 0 Å². The molecule has 0 saturated carbocycles. The Labute approximate surface area is 63.3 Å². The summed E-state index contributed by atoms with van der Waals surface area (Å²) in [6.07, 6.45) is -0.554. The molecular weight excluding hydrogens is 150 g/mol. The van der Waals surface area contributed by atoms with Crippen molar-refractivity contribution in [2.75, 3.05) is 13.2 Å². The molecule has 2 heterocycles. The zero-order valence-electron chi connectivity index (χ0n) is 5.82. The average Bonchev–Trinajstić information content (AvgIpc) is 2.32. The Hall–Kier alpha value is -0.650. The van der Waals surface area contributed by atoms with E-state index in [4.69, 9.17) is 14.6 Å². The third-order valence-electron chi connectivity index (χ3n) is 1.88. The van der Waals surface area contributed by atoms with Gasteiger partial charge in [0, 0.05) is 6.54 Å². The molecule has 5 heteroatoms. The molecule has 2 fully saturated rings. The highest BCUT2D eigenvalue weighted by Crippen LogP contribution is 2.18. The minimum absolute atomic E-state index is 0.0376. The predicted octanol–water partition coefficient (Wildman–Crippen LogP) is -1.22. The van der Waals surface area contributed by atoms with E-state index in [1.165, 1.54) is 0 Å². The van der Waals surface area contributed by atoms with Crippen molar-refractivity contribution in [3.05, 3.63) is 0 Å². The van der Waals surface area contributed by atoms with E-state index in [0.29, 0.717) is 13.2 Å². The second-order valence-corrected chi connectivity index (χ2v) is 2.68. The van der Waals surface area contributed by atoms with Gasteiger partial charge in [0.2, 0.25) is 0 Å². The highest BCUT2D eigenvalue weighted by atomic mass is 16.7. The van der Waals surface area contributed by atoms with E-state index in [2.05, 4.69) is 5.32 Å². The van der Waals surface area contributed by atoms with Crippen LogP contribution in [-0.4, -0.2) is 42.7 Å². The Morgan fingerprint density at radius 1 is 1.64 bits per heavy atom. The summed E-state index contributed by atoms with van der Waals surface area (Å²) in [6, 6.07) is -0.700. The maximum atomic E-state index is 10.5. The first-order chi connectivity index (χ1) is 5.27. The molecule has 0 aromatic rings. The number of morpholine rings is 1. The van der Waals surface area contributed by atoms with Crippen molar-refractivity contribution in [2.45, 2.75) is 18.4 Å². The lowest BCUT2D eigenvalue weighted by atomic mass is 10.2. The first-order valence-corrected chi connectivity index (χ1v) is 3.50. The molecule has 2 aliphatic heterocycles. The van der Waals surface area contributed by atoms with Crippen LogP contribution in [0.3, 0.4) is 0 Å². The lowest BCUT2D eigenvalue weighted by molar-refractivity contribution is -0.158. The van der Waals surface area contributed by atoms with Gasteiger partial charge in [0.25, 0.3) is 0 Å². The molecule has 0 aliphatic carbocycles. The lowest BCUT2D eigenvalue weighted by Gasteiger charge is -2.25. The molecule has 0 amide bonds. The Bertz CT molecular complexity index is 183. The molecular formula is C6H9NO4. The second kappa shape index (κ2) is 2.44. The van der Waals surface area contributed by atoms with Gasteiger partial charge in [0.15, 0.2) is 12.3 Å². The molecule has 1 unspecified atom stereocenters. The summed E-state index contributed by atoms with van der Waals surface area (Å²) < 4.78 is 10.3. The van der Waals surface area contributed by atoms with Gasteiger partial charge in [-0.05, 0) is 0 Å². The van der Waals surface area contributed by atoms with Crippen molar-refractivity contribution in [2.24, 2.45) is 0 Å². The largest absolute Gasteiger partial charge is 0.480 e. The maximum absolute atomic E-state index is 10.5. The van der Waals surface area contributed by atoms with Crippen LogP contribution in [0.25, 0.3) is 0 Å². The zero-order chi connectivity index (χ0) is 7.84. The fourth-order valence-electron chi connectivity index (χ4n) is 1.31. The number of nitrogens with one attached hydrogen (secondary N) is 1. The van der Waals surface area contributed by atoms with Gasteiger partial charge in [-0.1, -0.05) is 0 Å². The van der Waals surface area contributed by atoms with Crippen LogP contribution >= 0.6 is 0 Å². The molecule has 2 rings (SSSR count). The molecule has 2 bridgehead atoms. The summed E-state index contributed by atoms with van der Waals surface area (Å²) in [5, 5.41) is 11.5. The van der Waals surface area contributed by atoms with E-state index in [1.54, 1.807) is 0 Å². The topological polar surface area (TPSA) is 67.8 Å². The summed E-state index contributed by atoms with van der Waals surface area (Å²) in [7, 11) is 0. The van der Waals surface area contributed by atoms with E-state index >= 15 is 0 Å². The van der Waals surface area contributed by atoms with Crippen molar-refractivity contribution in [1.82, 2.24) is 5.32 Å². The van der Waals surface area contributed by atoms with Crippen molar-refractivity contribution >= 4 is 5.97 Å². The summed E-state index contributed by atoms with van der Waals surface area (Å²) in [5.41, 5.74) is 0. The third-order valence-corrected chi connectivity index (χ3v) is 1.88. The number of rotatable bonds is 1. The minimum Gasteiger partial charge on any atom is -0.480 e. The summed E-state index contributed by atoms with van der Waals surface area (Å²) in [4.78, 5) is 10.5. The quantitative estimate of drug-likeness (QED) is 0.502. The maximum Gasteiger partial charge on any atom is 0.326 e. The normalized spacial score (nSPS) is 42.4. The van der Waals surface area contributed by atoms with Crippen LogP contribution in [0.2, 0.25) is 0 Å². The number of carbonyl (C=O) groups is 1. The molecule has 5 nitrogen and oxygen atoms in total. The number of carboxylic acid groups (broad SMARTS) is 1. The number of fused-ring (bicyclic) bond motifs is 2. The molecule has 0 spiro atoms. The Kier molecular flexibility index (Phi) is 1.56. The summed E-state index contributed by atoms with van der Waals surface area (Å²) >= 11 is 0. The monoisotopic (exact) mass is 159 g/mol. The van der Waals surface area contributed by atoms with E-state index in [1.807, 2.05) is 0 Å². The highest BCUT2D eigenvalue weighted by molar-refractivity contribution is 5.74. The number of hydrogen-bond acceptors (Lipinski definition) is 4. The summed E-state index contributed by atoms with van der Waals surface area (Å²) in [5.74, 6) is -0.921. The molecule has 62 valence electrons. The van der Waals surface area contributed by atoms with Crippen LogP contribution in [0.4, 0.5) is 0 Å². The third kappa shape index (κ3) is 1.11. The second-order valence-electron chi connectivity index (χ2n) is 2.68. The highest BCUT2D eigenvalue weighted by Gasteiger charge is 2.41. The summed E-state index contributed by atoms with van der Waals surface area (Å²) in [6.45, 7) is 1.06. The average molecular weight is 159 g/mol. The van der Waals surface area contributed by atoms with Gasteiger partial charge in [-0.3, -0.25) is 10.1 Å². The number of aliphatic carboxylic acids is 1. The molecule has 0 aromatic carbocycles. The fourth-order valence-corrected chi connectivity index (χ4v) is 1.31. The SMILES string of the molecule is O=C(O)C1NC[C@H]2CO[C@@H]1O2. The molecule has 0 aromatic heterocycles. The number of ether oxygens (including phenoxy) is 2. The molecule has 2 aliphatic rings. The molecule has 2 N–H and O–H groups in total. The van der Waals surface area contributed by atoms with Crippen LogP contribution < -0.4 is 5.32 Å². The molecule has 11 heavy (non-hydrogen) atoms. The lowest BCUT2D eigenvalue weighted by Crippen LogP contribution is -2.52. The fraction of sp³-hybridized carbons (Fsp3) is 0.833. The van der Waals surface area contributed by atoms with Crippen molar-refractivity contribution in [3.8, 4) is 0 Å². The van der Waals surface area contributed by atoms with Crippen LogP contribution in [0, 0.1) is 0 Å². The van der Waals surface area contributed by atoms with Crippen molar-refractivity contribution < 1.29 is 19.4 Å². The van der Waals surface area contributed by atoms with E-state index in [0.717, 1.165) is 0 Å². The zero-order valence-corrected chi connectivity index (χ0v) is 5.82. The Balaban J connectivity index is 2.07. The van der Waals surface area contributed by atoms with Crippen molar-refractivity contribution in [3.63, 3.8) is 0 Å². The van der Waals surface area contributed by atoms with Crippen LogP contribution in [0.5, 0.6) is 0 Å². The van der Waals surface area contributed by atoms with Gasteiger partial charge in [0.05, 0.1) is 12.7 Å². The van der Waals surface area contributed by atoms with Gasteiger partial charge in [0.1, 0.15) is 0 Å². The standard InChI is InChI=1S/C6H9NO4/c8-5(9)4-6-10-2-3(11-6)1-7-4/h3-4,6-7H,1-2H2,(H,8,9)/t3-,4?,6+/m0/s1. The van der Waals surface area contributed by atoms with Crippen LogP contribution in [0.15, 0.2) is 0 Å². The molecule has 2 saturated heterocycles. The number of hydrogen-bond donors (Lipinski definition) is 2. The van der Waals surface area contributed by atoms with Gasteiger partial charge in [-0.25, -0.2) is 0 Å². The Morgan fingerprint density at radius 3 is 3.18 bits per heavy atom. The van der Waals surface area contributed by atoms with Crippen molar-refractivity contribution in [1.29, 1.82) is 0 Å². The van der Waals surface area contributed by atoms with E-state index in [9.17, 15) is 4.79 Å². The molecule has 0 radical (unpaired) electrons. The smallest absolute Gasteiger partial charge is 0.326 e. The first-order valence-electron chi connectivity index (χ1n) is 3.50. The first kappa shape index (κ1) is 7.02. The van der Waals surface area contributed by atoms with Gasteiger partial charge < -0.3 is 14.6 Å². The van der Waals surface area contributed by atoms with E-state index in [-0.39, 0.29) is 6.10 Å². The van der Waals surface area contributed by atoms with Gasteiger partial charge in [-0.15, -0.1) is 0 Å². The molecule has 3 atom stereocenters. The Morgan fingerprint density at radius 2 is 2.45 bits per heavy atom. The number of carboxylic acids is 1.